The van der Waals surface area contributed by atoms with Crippen molar-refractivity contribution in [2.45, 2.75) is 116 Å². The van der Waals surface area contributed by atoms with Crippen molar-refractivity contribution in [2.75, 3.05) is 6.61 Å². The molecule has 5 aliphatic rings. The fraction of sp³-hybridized carbons (Fsp3) is 0.605. The van der Waals surface area contributed by atoms with Crippen LogP contribution in [0.3, 0.4) is 0 Å². The average molecular weight is 699 g/mol. The molecular formula is C43H54O8. The molecule has 0 bridgehead atoms. The van der Waals surface area contributed by atoms with E-state index >= 15 is 0 Å². The second kappa shape index (κ2) is 13.8. The predicted molar refractivity (Wildman–Crippen MR) is 192 cm³/mol. The summed E-state index contributed by atoms with van der Waals surface area (Å²) < 4.78 is 24.7. The molecule has 1 heterocycles. The van der Waals surface area contributed by atoms with E-state index in [1.165, 1.54) is 12.5 Å². The van der Waals surface area contributed by atoms with Crippen LogP contribution in [-0.4, -0.2) is 59.6 Å². The van der Waals surface area contributed by atoms with Crippen LogP contribution in [0.2, 0.25) is 0 Å². The summed E-state index contributed by atoms with van der Waals surface area (Å²) >= 11 is 0. The van der Waals surface area contributed by atoms with E-state index < -0.39 is 17.0 Å². The van der Waals surface area contributed by atoms with Crippen LogP contribution in [-0.2, 0) is 23.7 Å². The molecule has 0 radical (unpaired) electrons. The molecule has 2 aromatic carbocycles. The van der Waals surface area contributed by atoms with Gasteiger partial charge in [-0.3, -0.25) is 4.79 Å². The fourth-order valence-corrected chi connectivity index (χ4v) is 11.1. The summed E-state index contributed by atoms with van der Waals surface area (Å²) in [6.45, 7) is 10.1. The Morgan fingerprint density at radius 2 is 1.59 bits per heavy atom. The number of carbonyl (C=O) groups is 3. The molecule has 1 N–H and O–H groups in total. The van der Waals surface area contributed by atoms with Gasteiger partial charge in [0, 0.05) is 18.3 Å². The van der Waals surface area contributed by atoms with Crippen molar-refractivity contribution in [3.05, 3.63) is 83.4 Å². The van der Waals surface area contributed by atoms with Crippen LogP contribution in [0.1, 0.15) is 107 Å². The van der Waals surface area contributed by atoms with Crippen LogP contribution in [0, 0.1) is 40.4 Å². The first-order valence-electron chi connectivity index (χ1n) is 19.1. The third kappa shape index (κ3) is 6.67. The van der Waals surface area contributed by atoms with Crippen molar-refractivity contribution < 1.29 is 38.4 Å². The molecule has 12 atom stereocenters. The van der Waals surface area contributed by atoms with Gasteiger partial charge in [-0.25, -0.2) is 9.59 Å². The Hall–Kier alpha value is -3.49. The van der Waals surface area contributed by atoms with Crippen LogP contribution >= 0.6 is 0 Å². The van der Waals surface area contributed by atoms with Crippen LogP contribution in [0.15, 0.2) is 72.3 Å². The number of aliphatic hydroxyl groups is 1. The molecule has 51 heavy (non-hydrogen) atoms. The summed E-state index contributed by atoms with van der Waals surface area (Å²) in [5.41, 5.74) is 0.870. The Bertz CT molecular complexity index is 1640. The highest BCUT2D eigenvalue weighted by Crippen LogP contribution is 2.69. The number of fused-ring (bicyclic) bond motifs is 7. The maximum absolute atomic E-state index is 13.8. The van der Waals surface area contributed by atoms with E-state index in [1.54, 1.807) is 31.2 Å². The molecule has 0 amide bonds. The lowest BCUT2D eigenvalue weighted by atomic mass is 9.45. The number of hydrogen-bond donors (Lipinski definition) is 1. The lowest BCUT2D eigenvalue weighted by Crippen LogP contribution is -2.57. The minimum Gasteiger partial charge on any atom is -0.463 e. The van der Waals surface area contributed by atoms with E-state index in [9.17, 15) is 19.5 Å². The van der Waals surface area contributed by atoms with E-state index in [1.807, 2.05) is 36.4 Å². The number of hydrogen-bond acceptors (Lipinski definition) is 8. The fourth-order valence-electron chi connectivity index (χ4n) is 11.1. The molecule has 3 saturated carbocycles. The summed E-state index contributed by atoms with van der Waals surface area (Å²) in [6.07, 6.45) is 8.58. The number of benzene rings is 2. The van der Waals surface area contributed by atoms with E-state index in [0.717, 1.165) is 38.5 Å². The van der Waals surface area contributed by atoms with Gasteiger partial charge in [0.1, 0.15) is 18.8 Å². The van der Waals surface area contributed by atoms with Gasteiger partial charge >= 0.3 is 17.9 Å². The Labute approximate surface area is 302 Å². The number of carbonyl (C=O) groups excluding carboxylic acids is 3. The molecule has 7 rings (SSSR count). The van der Waals surface area contributed by atoms with Crippen molar-refractivity contribution >= 4 is 17.9 Å². The molecule has 1 unspecified atom stereocenters. The molecule has 4 aliphatic carbocycles. The number of rotatable bonds is 9. The van der Waals surface area contributed by atoms with Gasteiger partial charge in [-0.1, -0.05) is 68.8 Å². The second-order valence-electron chi connectivity index (χ2n) is 16.9. The lowest BCUT2D eigenvalue weighted by Gasteiger charge is -2.61. The summed E-state index contributed by atoms with van der Waals surface area (Å²) in [6, 6.07) is 18.1. The Morgan fingerprint density at radius 3 is 2.25 bits per heavy atom. The van der Waals surface area contributed by atoms with E-state index in [-0.39, 0.29) is 60.2 Å². The molecule has 8 nitrogen and oxygen atoms in total. The summed E-state index contributed by atoms with van der Waals surface area (Å²) in [4.78, 5) is 38.1. The molecular weight excluding hydrogens is 644 g/mol. The minimum absolute atomic E-state index is 0.0226. The van der Waals surface area contributed by atoms with Crippen molar-refractivity contribution in [1.82, 2.24) is 0 Å². The second-order valence-corrected chi connectivity index (χ2v) is 16.9. The van der Waals surface area contributed by atoms with E-state index in [0.29, 0.717) is 41.7 Å². The monoisotopic (exact) mass is 698 g/mol. The predicted octanol–water partition coefficient (Wildman–Crippen LogP) is 7.73. The highest BCUT2D eigenvalue weighted by atomic mass is 16.6. The molecule has 1 aliphatic heterocycles. The van der Waals surface area contributed by atoms with Gasteiger partial charge in [-0.2, -0.15) is 0 Å². The topological polar surface area (TPSA) is 108 Å². The largest absolute Gasteiger partial charge is 0.463 e. The third-order valence-corrected chi connectivity index (χ3v) is 13.8. The van der Waals surface area contributed by atoms with Crippen molar-refractivity contribution in [1.29, 1.82) is 0 Å². The molecule has 8 heteroatoms. The van der Waals surface area contributed by atoms with Crippen LogP contribution < -0.4 is 0 Å². The summed E-state index contributed by atoms with van der Waals surface area (Å²) in [5, 5.41) is 11.2. The van der Waals surface area contributed by atoms with Crippen LogP contribution in [0.5, 0.6) is 0 Å². The Kier molecular flexibility index (Phi) is 9.72. The van der Waals surface area contributed by atoms with Gasteiger partial charge in [0.05, 0.1) is 28.9 Å². The van der Waals surface area contributed by atoms with Crippen molar-refractivity contribution in [3.8, 4) is 0 Å². The normalized spacial score (nSPS) is 37.8. The standard InChI is InChI=1S/C43H54O8/c1-26-35(19-20-41(3,47)25-48-39(45)28-12-8-6-9-13-28)50-36-23-34-32-17-16-30-22-31(49-27(2)44)18-21-42(30,4)33(32)24-37(43(34,5)38(26)36)51-40(46)29-14-10-7-11-15-29/h6-15,23,26,30-33,35-38,47H,16-22,24-25H2,1-5H3/t26-,30+,31+,32-,33+,35?,36+,37-,38+,41+,42+,43-/m1/s1. The maximum Gasteiger partial charge on any atom is 0.338 e. The smallest absolute Gasteiger partial charge is 0.338 e. The SMILES string of the molecule is CC(=O)O[C@H]1CC[C@@]2(C)[C@@H](CC[C@H]3C4=C[C@@H]5OC(CC[C@](C)(O)COC(=O)c6ccccc6)[C@@H](C)[C@@H]5[C@@]4(C)[C@H](OC(=O)c4ccccc4)C[C@@H]32)C1. The summed E-state index contributed by atoms with van der Waals surface area (Å²) in [5.74, 6) is 0.511. The van der Waals surface area contributed by atoms with Gasteiger partial charge < -0.3 is 24.1 Å². The number of ether oxygens (including phenoxy) is 4. The lowest BCUT2D eigenvalue weighted by molar-refractivity contribution is -0.158. The minimum atomic E-state index is -1.20. The zero-order chi connectivity index (χ0) is 36.1. The molecule has 4 fully saturated rings. The quantitative estimate of drug-likeness (QED) is 0.161. The van der Waals surface area contributed by atoms with Gasteiger partial charge in [0.15, 0.2) is 0 Å². The van der Waals surface area contributed by atoms with Gasteiger partial charge in [0.2, 0.25) is 0 Å². The zero-order valence-corrected chi connectivity index (χ0v) is 30.7. The van der Waals surface area contributed by atoms with Crippen molar-refractivity contribution in [2.24, 2.45) is 40.4 Å². The van der Waals surface area contributed by atoms with Gasteiger partial charge in [0.25, 0.3) is 0 Å². The molecule has 2 aromatic rings. The van der Waals surface area contributed by atoms with E-state index in [4.69, 9.17) is 18.9 Å². The van der Waals surface area contributed by atoms with Crippen LogP contribution in [0.25, 0.3) is 0 Å². The zero-order valence-electron chi connectivity index (χ0n) is 30.7. The first kappa shape index (κ1) is 35.9. The first-order valence-corrected chi connectivity index (χ1v) is 19.1. The maximum atomic E-state index is 13.8. The molecule has 0 aromatic heterocycles. The summed E-state index contributed by atoms with van der Waals surface area (Å²) in [7, 11) is 0. The van der Waals surface area contributed by atoms with Gasteiger partial charge in [-0.15, -0.1) is 0 Å². The Balaban J connectivity index is 1.11. The highest BCUT2D eigenvalue weighted by molar-refractivity contribution is 5.90. The number of esters is 3. The van der Waals surface area contributed by atoms with E-state index in [2.05, 4.69) is 26.8 Å². The van der Waals surface area contributed by atoms with Crippen LogP contribution in [0.4, 0.5) is 0 Å². The van der Waals surface area contributed by atoms with Gasteiger partial charge in [-0.05, 0) is 112 Å². The first-order chi connectivity index (χ1) is 24.3. The van der Waals surface area contributed by atoms with Crippen molar-refractivity contribution in [3.63, 3.8) is 0 Å². The average Bonchev–Trinajstić information content (AvgIpc) is 3.60. The highest BCUT2D eigenvalue weighted by Gasteiger charge is 2.66. The Morgan fingerprint density at radius 1 is 0.922 bits per heavy atom. The molecule has 274 valence electrons. The molecule has 1 saturated heterocycles. The third-order valence-electron chi connectivity index (χ3n) is 13.8. The molecule has 0 spiro atoms.